The van der Waals surface area contributed by atoms with Gasteiger partial charge in [-0.05, 0) is 48.9 Å². The molecule has 0 heterocycles. The summed E-state index contributed by atoms with van der Waals surface area (Å²) in [6.45, 7) is 3.59. The van der Waals surface area contributed by atoms with Crippen molar-refractivity contribution in [2.24, 2.45) is 0 Å². The molecule has 8 nitrogen and oxygen atoms in total. The fraction of sp³-hybridized carbons (Fsp3) is 0.300. The summed E-state index contributed by atoms with van der Waals surface area (Å²) in [4.78, 5) is 25.7. The summed E-state index contributed by atoms with van der Waals surface area (Å²) in [5.74, 6) is -0.0918. The minimum Gasteiger partial charge on any atom is -0.484 e. The second-order valence-corrected chi connectivity index (χ2v) is 8.30. The van der Waals surface area contributed by atoms with Crippen LogP contribution in [-0.2, 0) is 14.8 Å². The van der Waals surface area contributed by atoms with Crippen LogP contribution in [0, 0.1) is 6.92 Å². The summed E-state index contributed by atoms with van der Waals surface area (Å²) < 4.78 is 32.2. The molecule has 0 bridgehead atoms. The predicted octanol–water partition coefficient (Wildman–Crippen LogP) is 2.01. The van der Waals surface area contributed by atoms with E-state index in [2.05, 4.69) is 10.0 Å². The molecule has 0 radical (unpaired) electrons. The highest BCUT2D eigenvalue weighted by Gasteiger charge is 2.17. The van der Waals surface area contributed by atoms with Crippen LogP contribution in [0.15, 0.2) is 47.4 Å². The molecule has 2 aromatic carbocycles. The number of carbonyl (C=O) groups excluding carboxylic acids is 2. The van der Waals surface area contributed by atoms with Crippen molar-refractivity contribution in [1.82, 2.24) is 9.62 Å². The first-order chi connectivity index (χ1) is 13.6. The van der Waals surface area contributed by atoms with Crippen LogP contribution >= 0.6 is 0 Å². The van der Waals surface area contributed by atoms with E-state index in [-0.39, 0.29) is 29.5 Å². The van der Waals surface area contributed by atoms with E-state index in [0.717, 1.165) is 0 Å². The Morgan fingerprint density at radius 1 is 1.07 bits per heavy atom. The molecule has 2 amide bonds. The van der Waals surface area contributed by atoms with E-state index in [9.17, 15) is 18.0 Å². The number of nitrogens with one attached hydrogen (secondary N) is 2. The number of sulfonamides is 1. The molecular formula is C20H25N3O5S. The van der Waals surface area contributed by atoms with Crippen LogP contribution in [0.1, 0.15) is 22.8 Å². The van der Waals surface area contributed by atoms with Crippen LogP contribution in [0.25, 0.3) is 0 Å². The monoisotopic (exact) mass is 419 g/mol. The van der Waals surface area contributed by atoms with Crippen LogP contribution in [0.4, 0.5) is 5.69 Å². The maximum atomic E-state index is 12.6. The summed E-state index contributed by atoms with van der Waals surface area (Å²) in [7, 11) is -0.371. The quantitative estimate of drug-likeness (QED) is 0.681. The maximum absolute atomic E-state index is 12.6. The normalized spacial score (nSPS) is 11.0. The van der Waals surface area contributed by atoms with Gasteiger partial charge in [-0.3, -0.25) is 9.59 Å². The molecule has 0 aliphatic carbocycles. The summed E-state index contributed by atoms with van der Waals surface area (Å²) in [5, 5.41) is 2.74. The van der Waals surface area contributed by atoms with Crippen LogP contribution in [0.3, 0.4) is 0 Å². The molecular weight excluding hydrogens is 394 g/mol. The Bertz CT molecular complexity index is 986. The fourth-order valence-electron chi connectivity index (χ4n) is 2.39. The molecule has 0 saturated heterocycles. The summed E-state index contributed by atoms with van der Waals surface area (Å²) in [6.07, 6.45) is 0. The summed E-state index contributed by atoms with van der Waals surface area (Å²) in [5.41, 5.74) is 1.43. The molecule has 2 aromatic rings. The van der Waals surface area contributed by atoms with Gasteiger partial charge in [0.2, 0.25) is 10.0 Å². The fourth-order valence-corrected chi connectivity index (χ4v) is 3.46. The molecule has 0 fully saturated rings. The molecule has 0 unspecified atom stereocenters. The first-order valence-corrected chi connectivity index (χ1v) is 10.5. The van der Waals surface area contributed by atoms with Crippen LogP contribution in [0.2, 0.25) is 0 Å². The van der Waals surface area contributed by atoms with Gasteiger partial charge in [-0.15, -0.1) is 0 Å². The predicted molar refractivity (Wildman–Crippen MR) is 111 cm³/mol. The molecule has 0 atom stereocenters. The number of nitrogens with zero attached hydrogens (tertiary/aromatic N) is 1. The molecule has 0 saturated carbocycles. The number of amides is 2. The second-order valence-electron chi connectivity index (χ2n) is 6.53. The standard InChI is InChI=1S/C20H25N3O5S/c1-5-21-29(26,27)17-11-6-14(2)18(12-17)20(25)22-15-7-9-16(10-8-15)28-13-19(24)23(3)4/h6-12,21H,5,13H2,1-4H3,(H,22,25). The third kappa shape index (κ3) is 6.03. The van der Waals surface area contributed by atoms with E-state index in [1.165, 1.54) is 17.0 Å². The van der Waals surface area contributed by atoms with Crippen molar-refractivity contribution in [2.45, 2.75) is 18.7 Å². The van der Waals surface area contributed by atoms with Crippen molar-refractivity contribution in [3.05, 3.63) is 53.6 Å². The topological polar surface area (TPSA) is 105 Å². The van der Waals surface area contributed by atoms with Gasteiger partial charge in [0, 0.05) is 31.9 Å². The SMILES string of the molecule is CCNS(=O)(=O)c1ccc(C)c(C(=O)Nc2ccc(OCC(=O)N(C)C)cc2)c1. The molecule has 0 spiro atoms. The number of likely N-dealkylation sites (N-methyl/N-ethyl adjacent to an activating group) is 1. The minimum absolute atomic E-state index is 0.0319. The van der Waals surface area contributed by atoms with E-state index < -0.39 is 15.9 Å². The number of aryl methyl sites for hydroxylation is 1. The average Bonchev–Trinajstić information content (AvgIpc) is 2.67. The van der Waals surface area contributed by atoms with Gasteiger partial charge < -0.3 is 15.0 Å². The van der Waals surface area contributed by atoms with Gasteiger partial charge >= 0.3 is 0 Å². The molecule has 0 aliphatic heterocycles. The first kappa shape index (κ1) is 22.4. The number of ether oxygens (including phenoxy) is 1. The molecule has 9 heteroatoms. The zero-order valence-corrected chi connectivity index (χ0v) is 17.7. The summed E-state index contributed by atoms with van der Waals surface area (Å²) in [6, 6.07) is 11.0. The lowest BCUT2D eigenvalue weighted by atomic mass is 10.1. The maximum Gasteiger partial charge on any atom is 0.259 e. The van der Waals surface area contributed by atoms with Crippen molar-refractivity contribution < 1.29 is 22.7 Å². The summed E-state index contributed by atoms with van der Waals surface area (Å²) >= 11 is 0. The third-order valence-corrected chi connectivity index (χ3v) is 5.61. The number of rotatable bonds is 8. The zero-order chi connectivity index (χ0) is 21.6. The number of anilines is 1. The van der Waals surface area contributed by atoms with Gasteiger partial charge in [0.25, 0.3) is 11.8 Å². The highest BCUT2D eigenvalue weighted by Crippen LogP contribution is 2.19. The zero-order valence-electron chi connectivity index (χ0n) is 16.9. The lowest BCUT2D eigenvalue weighted by molar-refractivity contribution is -0.130. The number of benzene rings is 2. The molecule has 156 valence electrons. The van der Waals surface area contributed by atoms with Gasteiger partial charge in [0.05, 0.1) is 4.90 Å². The van der Waals surface area contributed by atoms with Gasteiger partial charge in [0.1, 0.15) is 5.75 Å². The van der Waals surface area contributed by atoms with Gasteiger partial charge in [0.15, 0.2) is 6.61 Å². The third-order valence-electron chi connectivity index (χ3n) is 4.07. The molecule has 29 heavy (non-hydrogen) atoms. The Labute approximate surface area is 170 Å². The van der Waals surface area contributed by atoms with E-state index in [1.54, 1.807) is 58.3 Å². The number of hydrogen-bond donors (Lipinski definition) is 2. The molecule has 2 N–H and O–H groups in total. The minimum atomic E-state index is -3.66. The Morgan fingerprint density at radius 3 is 2.31 bits per heavy atom. The van der Waals surface area contributed by atoms with E-state index >= 15 is 0 Å². The molecule has 2 rings (SSSR count). The Morgan fingerprint density at radius 2 is 1.72 bits per heavy atom. The smallest absolute Gasteiger partial charge is 0.259 e. The molecule has 0 aromatic heterocycles. The van der Waals surface area contributed by atoms with Crippen LogP contribution in [0.5, 0.6) is 5.75 Å². The van der Waals surface area contributed by atoms with Gasteiger partial charge in [-0.2, -0.15) is 0 Å². The van der Waals surface area contributed by atoms with Crippen molar-refractivity contribution in [3.8, 4) is 5.75 Å². The highest BCUT2D eigenvalue weighted by atomic mass is 32.2. The largest absolute Gasteiger partial charge is 0.484 e. The lowest BCUT2D eigenvalue weighted by Gasteiger charge is -2.12. The van der Waals surface area contributed by atoms with E-state index in [4.69, 9.17) is 4.74 Å². The van der Waals surface area contributed by atoms with Crippen molar-refractivity contribution in [1.29, 1.82) is 0 Å². The number of carbonyl (C=O) groups is 2. The first-order valence-electron chi connectivity index (χ1n) is 8.98. The average molecular weight is 420 g/mol. The molecule has 0 aliphatic rings. The van der Waals surface area contributed by atoms with Crippen molar-refractivity contribution >= 4 is 27.5 Å². The lowest BCUT2D eigenvalue weighted by Crippen LogP contribution is -2.27. The Balaban J connectivity index is 2.11. The van der Waals surface area contributed by atoms with Crippen molar-refractivity contribution in [3.63, 3.8) is 0 Å². The Hall–Kier alpha value is -2.91. The van der Waals surface area contributed by atoms with Crippen molar-refractivity contribution in [2.75, 3.05) is 32.6 Å². The van der Waals surface area contributed by atoms with Gasteiger partial charge in [-0.25, -0.2) is 13.1 Å². The van der Waals surface area contributed by atoms with Crippen LogP contribution < -0.4 is 14.8 Å². The van der Waals surface area contributed by atoms with Gasteiger partial charge in [-0.1, -0.05) is 13.0 Å². The van der Waals surface area contributed by atoms with E-state index in [0.29, 0.717) is 17.0 Å². The number of hydrogen-bond acceptors (Lipinski definition) is 5. The van der Waals surface area contributed by atoms with Crippen LogP contribution in [-0.4, -0.2) is 52.4 Å². The highest BCUT2D eigenvalue weighted by molar-refractivity contribution is 7.89. The van der Waals surface area contributed by atoms with E-state index in [1.807, 2.05) is 0 Å². The Kier molecular flexibility index (Phi) is 7.35. The second kappa shape index (κ2) is 9.53.